The van der Waals surface area contributed by atoms with Crippen LogP contribution in [0.4, 0.5) is 4.39 Å². The van der Waals surface area contributed by atoms with Crippen molar-refractivity contribution >= 4 is 0 Å². The average Bonchev–Trinajstić information content (AvgIpc) is 2.44. The van der Waals surface area contributed by atoms with E-state index in [1.165, 1.54) is 11.6 Å². The maximum atomic E-state index is 13.0. The van der Waals surface area contributed by atoms with Gasteiger partial charge >= 0.3 is 0 Å². The molecule has 0 aromatic heterocycles. The van der Waals surface area contributed by atoms with E-state index in [2.05, 4.69) is 29.6 Å². The molecule has 0 unspecified atom stereocenters. The van der Waals surface area contributed by atoms with Gasteiger partial charge in [0.2, 0.25) is 0 Å². The molecule has 2 aromatic rings. The SMILES string of the molecule is Fc1cccc(CCNCCCc2ccccc2)c1. The molecule has 0 saturated carbocycles. The number of benzene rings is 2. The zero-order chi connectivity index (χ0) is 13.3. The monoisotopic (exact) mass is 257 g/mol. The van der Waals surface area contributed by atoms with Crippen LogP contribution in [0.1, 0.15) is 17.5 Å². The third kappa shape index (κ3) is 5.23. The van der Waals surface area contributed by atoms with Crippen LogP contribution in [-0.2, 0) is 12.8 Å². The van der Waals surface area contributed by atoms with Crippen molar-refractivity contribution in [1.82, 2.24) is 5.32 Å². The molecule has 0 heterocycles. The largest absolute Gasteiger partial charge is 0.316 e. The Morgan fingerprint density at radius 1 is 0.789 bits per heavy atom. The van der Waals surface area contributed by atoms with Crippen LogP contribution in [0.5, 0.6) is 0 Å². The first-order valence-electron chi connectivity index (χ1n) is 6.84. The van der Waals surface area contributed by atoms with E-state index < -0.39 is 0 Å². The third-order valence-corrected chi connectivity index (χ3v) is 3.14. The Balaban J connectivity index is 1.58. The first-order valence-corrected chi connectivity index (χ1v) is 6.84. The average molecular weight is 257 g/mol. The zero-order valence-electron chi connectivity index (χ0n) is 11.1. The fourth-order valence-corrected chi connectivity index (χ4v) is 2.11. The zero-order valence-corrected chi connectivity index (χ0v) is 11.1. The van der Waals surface area contributed by atoms with Crippen LogP contribution >= 0.6 is 0 Å². The van der Waals surface area contributed by atoms with Gasteiger partial charge in [0.15, 0.2) is 0 Å². The van der Waals surface area contributed by atoms with Crippen LogP contribution in [0.2, 0.25) is 0 Å². The second-order valence-corrected chi connectivity index (χ2v) is 4.72. The van der Waals surface area contributed by atoms with Gasteiger partial charge in [0.05, 0.1) is 0 Å². The van der Waals surface area contributed by atoms with Gasteiger partial charge in [-0.1, -0.05) is 42.5 Å². The Morgan fingerprint density at radius 2 is 1.58 bits per heavy atom. The molecule has 1 nitrogen and oxygen atoms in total. The highest BCUT2D eigenvalue weighted by Gasteiger charge is 1.96. The van der Waals surface area contributed by atoms with Gasteiger partial charge in [-0.2, -0.15) is 0 Å². The number of hydrogen-bond donors (Lipinski definition) is 1. The van der Waals surface area contributed by atoms with Gasteiger partial charge in [0.25, 0.3) is 0 Å². The quantitative estimate of drug-likeness (QED) is 0.747. The lowest BCUT2D eigenvalue weighted by Gasteiger charge is -2.05. The molecule has 2 rings (SSSR count). The van der Waals surface area contributed by atoms with Crippen LogP contribution in [0.25, 0.3) is 0 Å². The first-order chi connectivity index (χ1) is 9.34. The van der Waals surface area contributed by atoms with Crippen molar-refractivity contribution in [3.05, 3.63) is 71.5 Å². The van der Waals surface area contributed by atoms with Gasteiger partial charge in [-0.25, -0.2) is 4.39 Å². The maximum absolute atomic E-state index is 13.0. The van der Waals surface area contributed by atoms with Crippen LogP contribution < -0.4 is 5.32 Å². The normalized spacial score (nSPS) is 10.6. The van der Waals surface area contributed by atoms with E-state index in [0.29, 0.717) is 0 Å². The van der Waals surface area contributed by atoms with Crippen molar-refractivity contribution in [2.24, 2.45) is 0 Å². The van der Waals surface area contributed by atoms with Gasteiger partial charge in [0, 0.05) is 0 Å². The summed E-state index contributed by atoms with van der Waals surface area (Å²) in [5, 5.41) is 3.40. The van der Waals surface area contributed by atoms with E-state index in [4.69, 9.17) is 0 Å². The third-order valence-electron chi connectivity index (χ3n) is 3.14. The molecular weight excluding hydrogens is 237 g/mol. The molecule has 0 aliphatic heterocycles. The summed E-state index contributed by atoms with van der Waals surface area (Å²) in [6.45, 7) is 1.91. The standard InChI is InChI=1S/C17H20FN/c18-17-10-4-8-16(14-17)11-13-19-12-5-9-15-6-2-1-3-7-15/h1-4,6-8,10,14,19H,5,9,11-13H2. The highest BCUT2D eigenvalue weighted by atomic mass is 19.1. The van der Waals surface area contributed by atoms with Gasteiger partial charge in [-0.05, 0) is 55.6 Å². The van der Waals surface area contributed by atoms with Crippen molar-refractivity contribution in [2.45, 2.75) is 19.3 Å². The van der Waals surface area contributed by atoms with E-state index in [1.807, 2.05) is 12.1 Å². The summed E-state index contributed by atoms with van der Waals surface area (Å²) in [4.78, 5) is 0. The highest BCUT2D eigenvalue weighted by Crippen LogP contribution is 2.04. The molecule has 100 valence electrons. The van der Waals surface area contributed by atoms with Gasteiger partial charge in [-0.15, -0.1) is 0 Å². The summed E-state index contributed by atoms with van der Waals surface area (Å²) in [5.41, 5.74) is 2.44. The molecule has 0 amide bonds. The molecule has 0 radical (unpaired) electrons. The topological polar surface area (TPSA) is 12.0 Å². The van der Waals surface area contributed by atoms with Crippen LogP contribution in [0.3, 0.4) is 0 Å². The summed E-state index contributed by atoms with van der Waals surface area (Å²) in [7, 11) is 0. The molecule has 2 aromatic carbocycles. The summed E-state index contributed by atoms with van der Waals surface area (Å²) in [6.07, 6.45) is 3.12. The predicted molar refractivity (Wildman–Crippen MR) is 77.7 cm³/mol. The number of halogens is 1. The fourth-order valence-electron chi connectivity index (χ4n) is 2.11. The molecule has 0 atom stereocenters. The molecular formula is C17H20FN. The maximum Gasteiger partial charge on any atom is 0.123 e. The minimum atomic E-state index is -0.151. The number of hydrogen-bond acceptors (Lipinski definition) is 1. The van der Waals surface area contributed by atoms with Gasteiger partial charge < -0.3 is 5.32 Å². The molecule has 0 fully saturated rings. The summed E-state index contributed by atoms with van der Waals surface area (Å²) in [6, 6.07) is 17.3. The van der Waals surface area contributed by atoms with Crippen molar-refractivity contribution in [3.63, 3.8) is 0 Å². The van der Waals surface area contributed by atoms with Crippen molar-refractivity contribution in [3.8, 4) is 0 Å². The molecule has 1 N–H and O–H groups in total. The lowest BCUT2D eigenvalue weighted by atomic mass is 10.1. The van der Waals surface area contributed by atoms with Crippen molar-refractivity contribution in [1.29, 1.82) is 0 Å². The predicted octanol–water partition coefficient (Wildman–Crippen LogP) is 3.59. The number of rotatable bonds is 7. The van der Waals surface area contributed by atoms with Gasteiger partial charge in [0.1, 0.15) is 5.82 Å². The van der Waals surface area contributed by atoms with E-state index in [0.717, 1.165) is 37.9 Å². The smallest absolute Gasteiger partial charge is 0.123 e. The van der Waals surface area contributed by atoms with Crippen LogP contribution in [0, 0.1) is 5.82 Å². The van der Waals surface area contributed by atoms with Crippen LogP contribution in [-0.4, -0.2) is 13.1 Å². The Kier molecular flexibility index (Phi) is 5.57. The lowest BCUT2D eigenvalue weighted by molar-refractivity contribution is 0.620. The molecule has 0 spiro atoms. The van der Waals surface area contributed by atoms with E-state index in [1.54, 1.807) is 12.1 Å². The summed E-state index contributed by atoms with van der Waals surface area (Å²) >= 11 is 0. The number of aryl methyl sites for hydroxylation is 1. The molecule has 19 heavy (non-hydrogen) atoms. The Morgan fingerprint density at radius 3 is 2.37 bits per heavy atom. The van der Waals surface area contributed by atoms with Crippen molar-refractivity contribution in [2.75, 3.05) is 13.1 Å². The van der Waals surface area contributed by atoms with E-state index >= 15 is 0 Å². The molecule has 0 saturated heterocycles. The molecule has 0 bridgehead atoms. The van der Waals surface area contributed by atoms with E-state index in [9.17, 15) is 4.39 Å². The fraction of sp³-hybridized carbons (Fsp3) is 0.294. The minimum Gasteiger partial charge on any atom is -0.316 e. The van der Waals surface area contributed by atoms with E-state index in [-0.39, 0.29) is 5.82 Å². The second-order valence-electron chi connectivity index (χ2n) is 4.72. The minimum absolute atomic E-state index is 0.151. The van der Waals surface area contributed by atoms with Crippen molar-refractivity contribution < 1.29 is 4.39 Å². The summed E-state index contributed by atoms with van der Waals surface area (Å²) in [5.74, 6) is -0.151. The molecule has 2 heteroatoms. The highest BCUT2D eigenvalue weighted by molar-refractivity contribution is 5.16. The van der Waals surface area contributed by atoms with Crippen LogP contribution in [0.15, 0.2) is 54.6 Å². The Labute approximate surface area is 114 Å². The molecule has 0 aliphatic carbocycles. The lowest BCUT2D eigenvalue weighted by Crippen LogP contribution is -2.19. The second kappa shape index (κ2) is 7.70. The Bertz CT molecular complexity index is 482. The molecule has 0 aliphatic rings. The summed E-state index contributed by atoms with van der Waals surface area (Å²) < 4.78 is 13.0. The Hall–Kier alpha value is -1.67. The first kappa shape index (κ1) is 13.8. The van der Waals surface area contributed by atoms with Gasteiger partial charge in [-0.3, -0.25) is 0 Å². The number of nitrogens with one attached hydrogen (secondary N) is 1.